The molecule has 2 atom stereocenters. The maximum Gasteiger partial charge on any atom is 0.0639 e. The number of nitrogens with zero attached hydrogens (tertiary/aromatic N) is 1. The summed E-state index contributed by atoms with van der Waals surface area (Å²) in [6.45, 7) is 2.56. The molecule has 2 unspecified atom stereocenters. The molecule has 0 spiro atoms. The number of halogens is 1. The molecular weight excluding hydrogens is 288 g/mol. The van der Waals surface area contributed by atoms with Crippen LogP contribution < -0.4 is 5.32 Å². The lowest BCUT2D eigenvalue weighted by Crippen LogP contribution is -2.48. The van der Waals surface area contributed by atoms with Crippen molar-refractivity contribution in [3.63, 3.8) is 0 Å². The second-order valence-electron chi connectivity index (χ2n) is 4.21. The molecule has 3 nitrogen and oxygen atoms in total. The van der Waals surface area contributed by atoms with Crippen LogP contribution in [-0.2, 0) is 4.74 Å². The fourth-order valence-corrected chi connectivity index (χ4v) is 3.79. The molecule has 2 heterocycles. The SMILES string of the molecule is CN(C)C(c1cc(Br)cs1)C1COCCN1. The van der Waals surface area contributed by atoms with E-state index in [0.717, 1.165) is 24.2 Å². The highest BCUT2D eigenvalue weighted by Gasteiger charge is 2.28. The van der Waals surface area contributed by atoms with Crippen molar-refractivity contribution in [3.05, 3.63) is 20.8 Å². The van der Waals surface area contributed by atoms with Crippen molar-refractivity contribution < 1.29 is 4.74 Å². The van der Waals surface area contributed by atoms with Crippen molar-refractivity contribution in [3.8, 4) is 0 Å². The number of rotatable bonds is 3. The molecule has 1 aromatic rings. The second-order valence-corrected chi connectivity index (χ2v) is 6.07. The van der Waals surface area contributed by atoms with Gasteiger partial charge in [-0.1, -0.05) is 0 Å². The van der Waals surface area contributed by atoms with E-state index < -0.39 is 0 Å². The third-order valence-corrected chi connectivity index (χ3v) is 4.53. The highest BCUT2D eigenvalue weighted by atomic mass is 79.9. The first-order valence-corrected chi connectivity index (χ1v) is 7.07. The molecule has 5 heteroatoms. The summed E-state index contributed by atoms with van der Waals surface area (Å²) >= 11 is 5.31. The summed E-state index contributed by atoms with van der Waals surface area (Å²) in [6, 6.07) is 2.97. The van der Waals surface area contributed by atoms with Gasteiger partial charge < -0.3 is 15.0 Å². The molecule has 16 heavy (non-hydrogen) atoms. The molecule has 1 aromatic heterocycles. The predicted octanol–water partition coefficient (Wildman–Crippen LogP) is 2.10. The predicted molar refractivity (Wildman–Crippen MR) is 71.1 cm³/mol. The molecular formula is C11H17BrN2OS. The Kier molecular flexibility index (Phi) is 4.38. The summed E-state index contributed by atoms with van der Waals surface area (Å²) < 4.78 is 6.71. The van der Waals surface area contributed by atoms with E-state index in [9.17, 15) is 0 Å². The Bertz CT molecular complexity index is 336. The first-order valence-electron chi connectivity index (χ1n) is 5.40. The lowest BCUT2D eigenvalue weighted by molar-refractivity contribution is 0.0467. The van der Waals surface area contributed by atoms with E-state index in [-0.39, 0.29) is 0 Å². The number of hydrogen-bond acceptors (Lipinski definition) is 4. The van der Waals surface area contributed by atoms with Gasteiger partial charge in [0, 0.05) is 21.3 Å². The Balaban J connectivity index is 2.16. The molecule has 0 saturated carbocycles. The van der Waals surface area contributed by atoms with Gasteiger partial charge in [0.05, 0.1) is 25.3 Å². The van der Waals surface area contributed by atoms with Gasteiger partial charge in [0.25, 0.3) is 0 Å². The highest BCUT2D eigenvalue weighted by Crippen LogP contribution is 2.31. The second kappa shape index (κ2) is 5.60. The standard InChI is InChI=1S/C11H17BrN2OS/c1-14(2)11(9-6-15-4-3-13-9)10-5-8(12)7-16-10/h5,7,9,11,13H,3-4,6H2,1-2H3. The van der Waals surface area contributed by atoms with Crippen LogP contribution in [-0.4, -0.2) is 44.8 Å². The van der Waals surface area contributed by atoms with Crippen molar-refractivity contribution in [1.82, 2.24) is 10.2 Å². The van der Waals surface area contributed by atoms with Gasteiger partial charge in [-0.05, 0) is 36.1 Å². The Morgan fingerprint density at radius 1 is 1.62 bits per heavy atom. The molecule has 90 valence electrons. The van der Waals surface area contributed by atoms with Crippen LogP contribution in [0.5, 0.6) is 0 Å². The number of hydrogen-bond donors (Lipinski definition) is 1. The topological polar surface area (TPSA) is 24.5 Å². The molecule has 1 fully saturated rings. The third kappa shape index (κ3) is 2.84. The van der Waals surface area contributed by atoms with Crippen molar-refractivity contribution in [2.75, 3.05) is 33.9 Å². The Labute approximate surface area is 109 Å². The average Bonchev–Trinajstić information content (AvgIpc) is 2.66. The van der Waals surface area contributed by atoms with Crippen molar-refractivity contribution in [2.24, 2.45) is 0 Å². The van der Waals surface area contributed by atoms with Gasteiger partial charge in [-0.25, -0.2) is 0 Å². The van der Waals surface area contributed by atoms with E-state index in [1.165, 1.54) is 4.88 Å². The molecule has 1 saturated heterocycles. The minimum absolute atomic E-state index is 0.384. The zero-order valence-electron chi connectivity index (χ0n) is 9.57. The fourth-order valence-electron chi connectivity index (χ4n) is 2.08. The van der Waals surface area contributed by atoms with Crippen molar-refractivity contribution in [1.29, 1.82) is 0 Å². The maximum atomic E-state index is 5.55. The first kappa shape index (κ1) is 12.5. The van der Waals surface area contributed by atoms with Crippen LogP contribution in [0.15, 0.2) is 15.9 Å². The summed E-state index contributed by atoms with van der Waals surface area (Å²) in [5.41, 5.74) is 0. The number of morpholine rings is 1. The van der Waals surface area contributed by atoms with Gasteiger partial charge in [0.15, 0.2) is 0 Å². The summed E-state index contributed by atoms with van der Waals surface area (Å²) in [5, 5.41) is 5.67. The van der Waals surface area contributed by atoms with Gasteiger partial charge in [-0.3, -0.25) is 0 Å². The Morgan fingerprint density at radius 3 is 2.94 bits per heavy atom. The summed E-state index contributed by atoms with van der Waals surface area (Å²) in [7, 11) is 4.24. The molecule has 0 aromatic carbocycles. The van der Waals surface area contributed by atoms with Gasteiger partial charge in [0.2, 0.25) is 0 Å². The molecule has 0 aliphatic carbocycles. The van der Waals surface area contributed by atoms with Gasteiger partial charge >= 0.3 is 0 Å². The van der Waals surface area contributed by atoms with E-state index in [4.69, 9.17) is 4.74 Å². The van der Waals surface area contributed by atoms with E-state index in [1.54, 1.807) is 11.3 Å². The van der Waals surface area contributed by atoms with E-state index in [2.05, 4.69) is 51.7 Å². The van der Waals surface area contributed by atoms with E-state index in [1.807, 2.05) is 0 Å². The molecule has 0 bridgehead atoms. The van der Waals surface area contributed by atoms with E-state index >= 15 is 0 Å². The highest BCUT2D eigenvalue weighted by molar-refractivity contribution is 9.10. The minimum atomic E-state index is 0.384. The maximum absolute atomic E-state index is 5.55. The zero-order chi connectivity index (χ0) is 11.5. The third-order valence-electron chi connectivity index (χ3n) is 2.77. The molecule has 0 amide bonds. The minimum Gasteiger partial charge on any atom is -0.378 e. The summed E-state index contributed by atoms with van der Waals surface area (Å²) in [5.74, 6) is 0. The molecule has 2 rings (SSSR count). The van der Waals surface area contributed by atoms with Crippen molar-refractivity contribution in [2.45, 2.75) is 12.1 Å². The van der Waals surface area contributed by atoms with E-state index in [0.29, 0.717) is 12.1 Å². The summed E-state index contributed by atoms with van der Waals surface area (Å²) in [6.07, 6.45) is 0. The monoisotopic (exact) mass is 304 g/mol. The number of ether oxygens (including phenoxy) is 1. The van der Waals surface area contributed by atoms with Crippen LogP contribution >= 0.6 is 27.3 Å². The fraction of sp³-hybridized carbons (Fsp3) is 0.636. The van der Waals surface area contributed by atoms with Gasteiger partial charge in [-0.2, -0.15) is 0 Å². The lowest BCUT2D eigenvalue weighted by Gasteiger charge is -2.34. The van der Waals surface area contributed by atoms with Gasteiger partial charge in [0.1, 0.15) is 0 Å². The lowest BCUT2D eigenvalue weighted by atomic mass is 10.1. The molecule has 1 N–H and O–H groups in total. The van der Waals surface area contributed by atoms with Gasteiger partial charge in [-0.15, -0.1) is 11.3 Å². The molecule has 1 aliphatic heterocycles. The Morgan fingerprint density at radius 2 is 2.44 bits per heavy atom. The normalized spacial score (nSPS) is 23.6. The zero-order valence-corrected chi connectivity index (χ0v) is 12.0. The quantitative estimate of drug-likeness (QED) is 0.925. The molecule has 0 radical (unpaired) electrons. The van der Waals surface area contributed by atoms with Crippen LogP contribution in [0.4, 0.5) is 0 Å². The molecule has 1 aliphatic rings. The van der Waals surface area contributed by atoms with Crippen molar-refractivity contribution >= 4 is 27.3 Å². The number of nitrogens with one attached hydrogen (secondary N) is 1. The number of thiophene rings is 1. The van der Waals surface area contributed by atoms with Crippen LogP contribution in [0.1, 0.15) is 10.9 Å². The van der Waals surface area contributed by atoms with Crippen LogP contribution in [0, 0.1) is 0 Å². The first-order chi connectivity index (χ1) is 7.68. The smallest absolute Gasteiger partial charge is 0.0639 e. The average molecular weight is 305 g/mol. The summed E-state index contributed by atoms with van der Waals surface area (Å²) in [4.78, 5) is 3.63. The van der Waals surface area contributed by atoms with Crippen LogP contribution in [0.2, 0.25) is 0 Å². The largest absolute Gasteiger partial charge is 0.378 e. The number of likely N-dealkylation sites (N-methyl/N-ethyl adjacent to an activating group) is 1. The van der Waals surface area contributed by atoms with Crippen LogP contribution in [0.25, 0.3) is 0 Å². The Hall–Kier alpha value is 0.0600. The van der Waals surface area contributed by atoms with Crippen LogP contribution in [0.3, 0.4) is 0 Å².